The van der Waals surface area contributed by atoms with Crippen LogP contribution in [0.1, 0.15) is 44.8 Å². The van der Waals surface area contributed by atoms with E-state index in [0.29, 0.717) is 0 Å². The molecule has 0 aliphatic carbocycles. The van der Waals surface area contributed by atoms with Gasteiger partial charge in [-0.15, -0.1) is 4.68 Å². The van der Waals surface area contributed by atoms with Crippen molar-refractivity contribution >= 4 is 59.3 Å². The zero-order valence-electron chi connectivity index (χ0n) is 25.3. The number of carbonyl (C=O) groups is 2. The predicted octanol–water partition coefficient (Wildman–Crippen LogP) is 2.10. The minimum atomic E-state index is -4.70. The van der Waals surface area contributed by atoms with Crippen LogP contribution < -0.4 is 19.5 Å². The predicted molar refractivity (Wildman–Crippen MR) is 157 cm³/mol. The standard InChI is InChI=1S/C12H11F3N4O4S2.C12H11F3N4O3S2/c1-3-25(22,23)7-5-4-6-19(21)8(7)9(20)16-11-18(2)17-10(24-11)12(13,14)15;1-3-24(21,22)7-5-4-6-16-8(7)9(20)17-11-19(2)18-10(23-11)12(13,14)15/h4-6H,3H2,1-2H3;4-6H,3H2,1-2H3/p+1. The minimum absolute atomic E-state index is 0.0452. The van der Waals surface area contributed by atoms with Gasteiger partial charge in [0.25, 0.3) is 5.91 Å². The maximum atomic E-state index is 12.7. The SMILES string of the molecule is CCS(=O)(=O)c1ccc[n+]([O-])c1C(=O)Nc1sc(C(F)(F)F)n[n+]1C.CCS(=O)(=O)c1cccnc1C(=O)N=c1sc(C(F)(F)F)nn1C. The summed E-state index contributed by atoms with van der Waals surface area (Å²) in [5.41, 5.74) is -1.17. The van der Waals surface area contributed by atoms with Crippen molar-refractivity contribution in [1.82, 2.24) is 19.9 Å². The highest BCUT2D eigenvalue weighted by atomic mass is 32.2. The number of nitrogens with one attached hydrogen (secondary N) is 1. The summed E-state index contributed by atoms with van der Waals surface area (Å²) in [6, 6.07) is 4.77. The molecule has 0 spiro atoms. The highest BCUT2D eigenvalue weighted by Crippen LogP contribution is 2.32. The molecule has 0 unspecified atom stereocenters. The third-order valence-corrected chi connectivity index (χ3v) is 11.5. The van der Waals surface area contributed by atoms with E-state index in [1.54, 1.807) is 0 Å². The summed E-state index contributed by atoms with van der Waals surface area (Å²) in [7, 11) is -5.27. The molecule has 0 radical (unpaired) electrons. The second kappa shape index (κ2) is 14.6. The van der Waals surface area contributed by atoms with E-state index in [9.17, 15) is 58.0 Å². The Morgan fingerprint density at radius 2 is 1.53 bits per heavy atom. The molecule has 0 aliphatic heterocycles. The fraction of sp³-hybridized carbons (Fsp3) is 0.333. The second-order valence-electron chi connectivity index (χ2n) is 9.22. The molecule has 25 heteroatoms. The number of anilines is 1. The average Bonchev–Trinajstić information content (AvgIpc) is 3.58. The molecule has 4 aromatic heterocycles. The van der Waals surface area contributed by atoms with Gasteiger partial charge in [-0.1, -0.05) is 30.3 Å². The van der Waals surface area contributed by atoms with Crippen LogP contribution in [0.25, 0.3) is 0 Å². The molecule has 0 saturated carbocycles. The van der Waals surface area contributed by atoms with Gasteiger partial charge in [0.1, 0.15) is 17.6 Å². The summed E-state index contributed by atoms with van der Waals surface area (Å²) in [5, 5.41) is 17.8. The normalized spacial score (nSPS) is 12.7. The number of aromatic nitrogens is 6. The molecule has 49 heavy (non-hydrogen) atoms. The van der Waals surface area contributed by atoms with E-state index in [2.05, 4.69) is 25.5 Å². The van der Waals surface area contributed by atoms with Crippen molar-refractivity contribution in [2.45, 2.75) is 36.0 Å². The zero-order chi connectivity index (χ0) is 37.1. The van der Waals surface area contributed by atoms with Gasteiger partial charge in [0.05, 0.1) is 16.4 Å². The molecule has 0 atom stereocenters. The summed E-state index contributed by atoms with van der Waals surface area (Å²) in [6.45, 7) is 2.73. The van der Waals surface area contributed by atoms with Crippen LogP contribution in [-0.4, -0.2) is 60.0 Å². The van der Waals surface area contributed by atoms with Crippen molar-refractivity contribution in [3.8, 4) is 0 Å². The van der Waals surface area contributed by atoms with Crippen LogP contribution in [-0.2, 0) is 46.1 Å². The van der Waals surface area contributed by atoms with Crippen LogP contribution in [0.4, 0.5) is 31.5 Å². The van der Waals surface area contributed by atoms with Gasteiger partial charge in [-0.2, -0.15) is 46.5 Å². The lowest BCUT2D eigenvalue weighted by molar-refractivity contribution is -0.713. The molecule has 4 heterocycles. The molecule has 0 aliphatic rings. The van der Waals surface area contributed by atoms with Crippen LogP contribution in [0.2, 0.25) is 0 Å². The lowest BCUT2D eigenvalue weighted by Crippen LogP contribution is -2.41. The van der Waals surface area contributed by atoms with E-state index in [1.807, 2.05) is 0 Å². The van der Waals surface area contributed by atoms with E-state index < -0.39 is 70.1 Å². The second-order valence-corrected chi connectivity index (χ2v) is 15.6. The first-order chi connectivity index (χ1) is 22.5. The maximum absolute atomic E-state index is 12.7. The Balaban J connectivity index is 0.000000266. The monoisotopic (exact) mass is 777 g/mol. The van der Waals surface area contributed by atoms with Crippen molar-refractivity contribution in [2.24, 2.45) is 19.1 Å². The van der Waals surface area contributed by atoms with Crippen molar-refractivity contribution in [2.75, 3.05) is 16.8 Å². The molecule has 15 nitrogen and oxygen atoms in total. The van der Waals surface area contributed by atoms with E-state index >= 15 is 0 Å². The summed E-state index contributed by atoms with van der Waals surface area (Å²) in [5.74, 6) is -2.83. The van der Waals surface area contributed by atoms with Crippen LogP contribution >= 0.6 is 22.7 Å². The molecule has 0 aromatic carbocycles. The lowest BCUT2D eigenvalue weighted by Gasteiger charge is -2.06. The summed E-state index contributed by atoms with van der Waals surface area (Å²) >= 11 is 0.319. The molecule has 4 aromatic rings. The third-order valence-electron chi connectivity index (χ3n) is 5.88. The Morgan fingerprint density at radius 3 is 2.06 bits per heavy atom. The largest absolute Gasteiger partial charge is 0.618 e. The lowest BCUT2D eigenvalue weighted by atomic mass is 10.3. The van der Waals surface area contributed by atoms with Gasteiger partial charge in [0.15, 0.2) is 25.9 Å². The van der Waals surface area contributed by atoms with Crippen LogP contribution in [0.5, 0.6) is 0 Å². The number of amides is 2. The first kappa shape index (κ1) is 39.1. The highest BCUT2D eigenvalue weighted by Gasteiger charge is 2.40. The molecular weight excluding hydrogens is 755 g/mol. The van der Waals surface area contributed by atoms with Gasteiger partial charge < -0.3 is 5.21 Å². The first-order valence-electron chi connectivity index (χ1n) is 13.1. The first-order valence-corrected chi connectivity index (χ1v) is 18.1. The molecule has 0 bridgehead atoms. The van der Waals surface area contributed by atoms with E-state index in [4.69, 9.17) is 0 Å². The van der Waals surface area contributed by atoms with Crippen LogP contribution in [0, 0.1) is 5.21 Å². The number of pyridine rings is 2. The third kappa shape index (κ3) is 9.21. The van der Waals surface area contributed by atoms with E-state index in [1.165, 1.54) is 46.3 Å². The molecule has 0 fully saturated rings. The Kier molecular flexibility index (Phi) is 11.7. The van der Waals surface area contributed by atoms with E-state index in [-0.39, 0.29) is 53.7 Å². The molecule has 266 valence electrons. The average molecular weight is 778 g/mol. The number of hydrogen-bond acceptors (Lipinski definition) is 12. The molecule has 1 N–H and O–H groups in total. The van der Waals surface area contributed by atoms with Crippen molar-refractivity contribution < 1.29 is 62.2 Å². The number of hydrogen-bond donors (Lipinski definition) is 1. The van der Waals surface area contributed by atoms with Gasteiger partial charge in [0, 0.05) is 19.3 Å². The molecule has 2 amide bonds. The number of aryl methyl sites for hydroxylation is 2. The number of carbonyl (C=O) groups excluding carboxylic acids is 2. The Labute approximate surface area is 280 Å². The summed E-state index contributed by atoms with van der Waals surface area (Å²) in [6.07, 6.45) is -7.25. The topological polar surface area (TPSA) is 201 Å². The number of nitrogens with zero attached hydrogens (tertiary/aromatic N) is 7. The Bertz CT molecular complexity index is 2180. The smallest absolute Gasteiger partial charge is 0.447 e. The molecule has 4 rings (SSSR count). The number of rotatable bonds is 7. The van der Waals surface area contributed by atoms with Gasteiger partial charge in [-0.25, -0.2) is 31.3 Å². The van der Waals surface area contributed by atoms with Gasteiger partial charge in [0.2, 0.25) is 14.8 Å². The number of alkyl halides is 6. The van der Waals surface area contributed by atoms with Crippen LogP contribution in [0.15, 0.2) is 51.4 Å². The highest BCUT2D eigenvalue weighted by molar-refractivity contribution is 7.91. The summed E-state index contributed by atoms with van der Waals surface area (Å²) < 4.78 is 126. The molecule has 0 saturated heterocycles. The van der Waals surface area contributed by atoms with Crippen molar-refractivity contribution in [3.05, 3.63) is 68.1 Å². The van der Waals surface area contributed by atoms with E-state index in [0.717, 1.165) is 27.7 Å². The number of halogens is 6. The van der Waals surface area contributed by atoms with Gasteiger partial charge in [-0.3, -0.25) is 4.79 Å². The maximum Gasteiger partial charge on any atom is 0.447 e. The Morgan fingerprint density at radius 1 is 0.959 bits per heavy atom. The van der Waals surface area contributed by atoms with Crippen molar-refractivity contribution in [3.63, 3.8) is 0 Å². The molecular formula is C24H23F6N8O7S4+. The Hall–Kier alpha value is -4.36. The number of sulfone groups is 2. The van der Waals surface area contributed by atoms with Crippen molar-refractivity contribution in [1.29, 1.82) is 0 Å². The van der Waals surface area contributed by atoms with Crippen LogP contribution in [0.3, 0.4) is 0 Å². The van der Waals surface area contributed by atoms with Gasteiger partial charge >= 0.3 is 29.1 Å². The van der Waals surface area contributed by atoms with Gasteiger partial charge in [-0.05, 0) is 29.5 Å². The fourth-order valence-corrected chi connectivity index (χ4v) is 7.12. The fourth-order valence-electron chi connectivity index (χ4n) is 3.49. The summed E-state index contributed by atoms with van der Waals surface area (Å²) in [4.78, 5) is 30.6. The quantitative estimate of drug-likeness (QED) is 0.165. The minimum Gasteiger partial charge on any atom is -0.618 e. The zero-order valence-corrected chi connectivity index (χ0v) is 28.5.